The van der Waals surface area contributed by atoms with E-state index in [1.54, 1.807) is 0 Å². The number of ether oxygens (including phenoxy) is 1. The van der Waals surface area contributed by atoms with Crippen LogP contribution >= 0.6 is 0 Å². The quantitative estimate of drug-likeness (QED) is 0.652. The third kappa shape index (κ3) is 1.60. The van der Waals surface area contributed by atoms with Crippen LogP contribution in [0.25, 0.3) is 0 Å². The number of nitrogens with one attached hydrogen (secondary N) is 1. The zero-order valence-electron chi connectivity index (χ0n) is 8.68. The van der Waals surface area contributed by atoms with Gasteiger partial charge < -0.3 is 4.74 Å². The molecule has 2 fully saturated rings. The molecule has 76 valence electrons. The first kappa shape index (κ1) is 9.44. The molecule has 0 amide bonds. The van der Waals surface area contributed by atoms with Crippen molar-refractivity contribution in [2.24, 2.45) is 0 Å². The molecular weight excluding hydrogens is 164 g/mol. The third-order valence-corrected chi connectivity index (χ3v) is 3.19. The van der Waals surface area contributed by atoms with Gasteiger partial charge in [-0.05, 0) is 26.7 Å². The summed E-state index contributed by atoms with van der Waals surface area (Å²) >= 11 is 0. The summed E-state index contributed by atoms with van der Waals surface area (Å²) in [7, 11) is 0. The summed E-state index contributed by atoms with van der Waals surface area (Å²) < 4.78 is 5.63. The molecule has 0 aromatic carbocycles. The highest BCUT2D eigenvalue weighted by Gasteiger charge is 2.44. The zero-order chi connectivity index (χ0) is 9.31. The number of hydrogen-bond acceptors (Lipinski definition) is 3. The molecule has 0 unspecified atom stereocenters. The largest absolute Gasteiger partial charge is 0.378 e. The van der Waals surface area contributed by atoms with Crippen LogP contribution in [0, 0.1) is 0 Å². The monoisotopic (exact) mass is 184 g/mol. The Hall–Kier alpha value is -0.120. The summed E-state index contributed by atoms with van der Waals surface area (Å²) in [4.78, 5) is 2.56. The van der Waals surface area contributed by atoms with Gasteiger partial charge in [0.15, 0.2) is 0 Å². The van der Waals surface area contributed by atoms with Gasteiger partial charge in [0.05, 0.1) is 12.3 Å². The van der Waals surface area contributed by atoms with E-state index >= 15 is 0 Å². The van der Waals surface area contributed by atoms with Gasteiger partial charge in [-0.3, -0.25) is 10.2 Å². The molecule has 2 rings (SSSR count). The Bertz CT molecular complexity index is 178. The highest BCUT2D eigenvalue weighted by Crippen LogP contribution is 2.28. The molecule has 3 heteroatoms. The van der Waals surface area contributed by atoms with Gasteiger partial charge >= 0.3 is 0 Å². The molecule has 0 aliphatic carbocycles. The SMILES string of the molecule is CC(C)N1CCCOC[C@]12CCN2. The van der Waals surface area contributed by atoms with E-state index < -0.39 is 0 Å². The fourth-order valence-corrected chi connectivity index (χ4v) is 2.41. The average molecular weight is 184 g/mol. The van der Waals surface area contributed by atoms with Gasteiger partial charge in [-0.15, -0.1) is 0 Å². The highest BCUT2D eigenvalue weighted by molar-refractivity contribution is 4.98. The fourth-order valence-electron chi connectivity index (χ4n) is 2.41. The summed E-state index contributed by atoms with van der Waals surface area (Å²) in [5, 5.41) is 3.53. The molecule has 13 heavy (non-hydrogen) atoms. The molecular formula is C10H20N2O. The Kier molecular flexibility index (Phi) is 2.58. The van der Waals surface area contributed by atoms with E-state index in [-0.39, 0.29) is 5.66 Å². The molecule has 1 atom stereocenters. The number of rotatable bonds is 1. The van der Waals surface area contributed by atoms with Crippen molar-refractivity contribution in [3.63, 3.8) is 0 Å². The standard InChI is InChI=1S/C10H20N2O/c1-9(2)12-6-3-7-13-8-10(12)4-5-11-10/h9,11H,3-8H2,1-2H3/t10-/m0/s1. The predicted molar refractivity (Wildman–Crippen MR) is 52.6 cm³/mol. The van der Waals surface area contributed by atoms with Gasteiger partial charge in [0.2, 0.25) is 0 Å². The van der Waals surface area contributed by atoms with Crippen LogP contribution in [0.5, 0.6) is 0 Å². The van der Waals surface area contributed by atoms with Gasteiger partial charge in [-0.1, -0.05) is 0 Å². The fraction of sp³-hybridized carbons (Fsp3) is 1.00. The van der Waals surface area contributed by atoms with Crippen LogP contribution in [0.2, 0.25) is 0 Å². The van der Waals surface area contributed by atoms with Crippen LogP contribution in [0.15, 0.2) is 0 Å². The molecule has 3 nitrogen and oxygen atoms in total. The normalized spacial score (nSPS) is 36.2. The lowest BCUT2D eigenvalue weighted by Crippen LogP contribution is -2.70. The van der Waals surface area contributed by atoms with Crippen LogP contribution < -0.4 is 5.32 Å². The van der Waals surface area contributed by atoms with Crippen molar-refractivity contribution >= 4 is 0 Å². The number of hydrogen-bond donors (Lipinski definition) is 1. The smallest absolute Gasteiger partial charge is 0.0967 e. The van der Waals surface area contributed by atoms with Gasteiger partial charge in [0, 0.05) is 25.7 Å². The molecule has 2 aliphatic heterocycles. The second-order valence-corrected chi connectivity index (χ2v) is 4.40. The molecule has 2 heterocycles. The highest BCUT2D eigenvalue weighted by atomic mass is 16.5. The zero-order valence-corrected chi connectivity index (χ0v) is 8.68. The van der Waals surface area contributed by atoms with Gasteiger partial charge in [0.25, 0.3) is 0 Å². The van der Waals surface area contributed by atoms with Crippen molar-refractivity contribution in [2.75, 3.05) is 26.3 Å². The van der Waals surface area contributed by atoms with Crippen LogP contribution in [-0.4, -0.2) is 42.9 Å². The maximum atomic E-state index is 5.63. The van der Waals surface area contributed by atoms with E-state index in [0.717, 1.165) is 19.8 Å². The van der Waals surface area contributed by atoms with Crippen molar-refractivity contribution < 1.29 is 4.74 Å². The molecule has 0 radical (unpaired) electrons. The van der Waals surface area contributed by atoms with Crippen molar-refractivity contribution in [2.45, 2.75) is 38.4 Å². The third-order valence-electron chi connectivity index (χ3n) is 3.19. The first-order valence-electron chi connectivity index (χ1n) is 5.34. The minimum atomic E-state index is 0.185. The Balaban J connectivity index is 2.09. The average Bonchev–Trinajstić information content (AvgIpc) is 2.23. The van der Waals surface area contributed by atoms with E-state index in [0.29, 0.717) is 6.04 Å². The lowest BCUT2D eigenvalue weighted by Gasteiger charge is -2.51. The minimum absolute atomic E-state index is 0.185. The second-order valence-electron chi connectivity index (χ2n) is 4.40. The topological polar surface area (TPSA) is 24.5 Å². The maximum absolute atomic E-state index is 5.63. The first-order chi connectivity index (χ1) is 6.25. The summed E-state index contributed by atoms with van der Waals surface area (Å²) in [6.07, 6.45) is 2.41. The van der Waals surface area contributed by atoms with E-state index in [1.807, 2.05) is 0 Å². The predicted octanol–water partition coefficient (Wildman–Crippen LogP) is 0.807. The second kappa shape index (κ2) is 3.56. The van der Waals surface area contributed by atoms with Crippen LogP contribution in [0.3, 0.4) is 0 Å². The van der Waals surface area contributed by atoms with Gasteiger partial charge in [-0.25, -0.2) is 0 Å². The first-order valence-corrected chi connectivity index (χ1v) is 5.34. The number of nitrogens with zero attached hydrogens (tertiary/aromatic N) is 1. The van der Waals surface area contributed by atoms with E-state index in [4.69, 9.17) is 4.74 Å². The van der Waals surface area contributed by atoms with E-state index in [9.17, 15) is 0 Å². The van der Waals surface area contributed by atoms with Gasteiger partial charge in [-0.2, -0.15) is 0 Å². The molecule has 0 bridgehead atoms. The van der Waals surface area contributed by atoms with Gasteiger partial charge in [0.1, 0.15) is 0 Å². The molecule has 0 aromatic rings. The Labute approximate surface area is 80.4 Å². The van der Waals surface area contributed by atoms with E-state index in [2.05, 4.69) is 24.1 Å². The van der Waals surface area contributed by atoms with Crippen molar-refractivity contribution in [1.29, 1.82) is 0 Å². The minimum Gasteiger partial charge on any atom is -0.378 e. The summed E-state index contributed by atoms with van der Waals surface area (Å²) in [5.74, 6) is 0. The summed E-state index contributed by atoms with van der Waals surface area (Å²) in [5.41, 5.74) is 0.185. The molecule has 0 saturated carbocycles. The van der Waals surface area contributed by atoms with Crippen molar-refractivity contribution in [3.05, 3.63) is 0 Å². The Morgan fingerprint density at radius 1 is 1.46 bits per heavy atom. The lowest BCUT2D eigenvalue weighted by molar-refractivity contribution is -0.0602. The Morgan fingerprint density at radius 2 is 2.23 bits per heavy atom. The van der Waals surface area contributed by atoms with E-state index in [1.165, 1.54) is 19.4 Å². The molecule has 2 aliphatic rings. The summed E-state index contributed by atoms with van der Waals surface area (Å²) in [6.45, 7) is 8.65. The molecule has 0 aromatic heterocycles. The Morgan fingerprint density at radius 3 is 2.77 bits per heavy atom. The summed E-state index contributed by atoms with van der Waals surface area (Å²) in [6, 6.07) is 0.620. The van der Waals surface area contributed by atoms with Crippen molar-refractivity contribution in [1.82, 2.24) is 10.2 Å². The van der Waals surface area contributed by atoms with Crippen molar-refractivity contribution in [3.8, 4) is 0 Å². The van der Waals surface area contributed by atoms with Crippen LogP contribution in [-0.2, 0) is 4.74 Å². The lowest BCUT2D eigenvalue weighted by atomic mass is 9.95. The molecule has 1 spiro atoms. The van der Waals surface area contributed by atoms with Crippen LogP contribution in [0.1, 0.15) is 26.7 Å². The van der Waals surface area contributed by atoms with Crippen LogP contribution in [0.4, 0.5) is 0 Å². The molecule has 1 N–H and O–H groups in total. The molecule has 2 saturated heterocycles. The maximum Gasteiger partial charge on any atom is 0.0967 e.